The number of hydrogen-bond donors (Lipinski definition) is 2. The Bertz CT molecular complexity index is 1050. The molecular weight excluding hydrogens is 447 g/mol. The van der Waals surface area contributed by atoms with Gasteiger partial charge in [0.15, 0.2) is 18.1 Å². The molecule has 0 bridgehead atoms. The minimum absolute atomic E-state index is 0.0187. The minimum Gasteiger partial charge on any atom is -0.493 e. The van der Waals surface area contributed by atoms with Gasteiger partial charge in [0.25, 0.3) is 5.91 Å². The maximum atomic E-state index is 13.9. The summed E-state index contributed by atoms with van der Waals surface area (Å²) in [7, 11) is 3.02. The van der Waals surface area contributed by atoms with Crippen molar-refractivity contribution in [2.75, 3.05) is 27.4 Å². The number of hydrogen-bond acceptors (Lipinski definition) is 7. The first kappa shape index (κ1) is 25.0. The van der Waals surface area contributed by atoms with Crippen molar-refractivity contribution in [2.24, 2.45) is 0 Å². The van der Waals surface area contributed by atoms with Crippen LogP contribution in [0, 0.1) is 5.82 Å². The van der Waals surface area contributed by atoms with Crippen LogP contribution in [0.25, 0.3) is 0 Å². The fourth-order valence-corrected chi connectivity index (χ4v) is 3.69. The Morgan fingerprint density at radius 3 is 2.56 bits per heavy atom. The molecule has 1 aliphatic heterocycles. The number of halogens is 1. The summed E-state index contributed by atoms with van der Waals surface area (Å²) in [5.74, 6) is -1.31. The van der Waals surface area contributed by atoms with Gasteiger partial charge in [-0.25, -0.2) is 9.18 Å². The lowest BCUT2D eigenvalue weighted by Gasteiger charge is -2.23. The summed E-state index contributed by atoms with van der Waals surface area (Å²) in [6.45, 7) is -0.446. The lowest BCUT2D eigenvalue weighted by Crippen LogP contribution is -2.43. The average molecular weight is 474 g/mol. The van der Waals surface area contributed by atoms with Crippen LogP contribution in [0.3, 0.4) is 0 Å². The quantitative estimate of drug-likeness (QED) is 0.525. The highest BCUT2D eigenvalue weighted by molar-refractivity contribution is 5.88. The number of nitrogens with zero attached hydrogens (tertiary/aromatic N) is 1. The predicted molar refractivity (Wildman–Crippen MR) is 119 cm³/mol. The van der Waals surface area contributed by atoms with E-state index in [1.165, 1.54) is 37.3 Å². The summed E-state index contributed by atoms with van der Waals surface area (Å²) in [5, 5.41) is 12.6. The van der Waals surface area contributed by atoms with E-state index in [2.05, 4.69) is 5.32 Å². The highest BCUT2D eigenvalue weighted by Crippen LogP contribution is 2.27. The molecule has 1 saturated heterocycles. The highest BCUT2D eigenvalue weighted by Gasteiger charge is 2.40. The van der Waals surface area contributed by atoms with E-state index in [0.717, 1.165) is 5.56 Å². The van der Waals surface area contributed by atoms with Gasteiger partial charge in [-0.3, -0.25) is 9.59 Å². The molecule has 0 saturated carbocycles. The molecular formula is C24H27FN2O7. The van der Waals surface area contributed by atoms with Gasteiger partial charge in [0.05, 0.1) is 26.7 Å². The number of aliphatic hydroxyl groups is 1. The Balaban J connectivity index is 1.52. The second-order valence-electron chi connectivity index (χ2n) is 7.79. The molecule has 0 spiro atoms. The van der Waals surface area contributed by atoms with E-state index in [1.807, 2.05) is 0 Å². The molecule has 0 radical (unpaired) electrons. The molecule has 10 heteroatoms. The van der Waals surface area contributed by atoms with Gasteiger partial charge in [-0.2, -0.15) is 0 Å². The topological polar surface area (TPSA) is 114 Å². The number of amides is 2. The second kappa shape index (κ2) is 11.5. The number of carbonyl (C=O) groups excluding carboxylic acids is 3. The molecule has 0 aliphatic carbocycles. The fraction of sp³-hybridized carbons (Fsp3) is 0.375. The van der Waals surface area contributed by atoms with Gasteiger partial charge in [-0.1, -0.05) is 24.3 Å². The SMILES string of the molecule is COc1ccc(CNC(=O)COC(=O)C2CC(O)CN2C(=O)Cc2ccccc2F)cc1OC. The number of benzene rings is 2. The van der Waals surface area contributed by atoms with Crippen LogP contribution in [0.4, 0.5) is 4.39 Å². The van der Waals surface area contributed by atoms with E-state index >= 15 is 0 Å². The molecule has 34 heavy (non-hydrogen) atoms. The smallest absolute Gasteiger partial charge is 0.329 e. The van der Waals surface area contributed by atoms with Crippen molar-refractivity contribution >= 4 is 17.8 Å². The van der Waals surface area contributed by atoms with Gasteiger partial charge >= 0.3 is 5.97 Å². The standard InChI is InChI=1S/C24H27FN2O7/c1-32-20-8-7-15(9-21(20)33-2)12-26-22(29)14-34-24(31)19-11-17(28)13-27(19)23(30)10-16-5-3-4-6-18(16)25/h3-9,17,19,28H,10-14H2,1-2H3,(H,26,29). The third-order valence-corrected chi connectivity index (χ3v) is 5.45. The Kier molecular flexibility index (Phi) is 8.42. The molecule has 2 atom stereocenters. The minimum atomic E-state index is -1.05. The van der Waals surface area contributed by atoms with Crippen molar-refractivity contribution in [1.29, 1.82) is 0 Å². The van der Waals surface area contributed by atoms with Gasteiger partial charge in [-0.05, 0) is 29.3 Å². The molecule has 2 N–H and O–H groups in total. The highest BCUT2D eigenvalue weighted by atomic mass is 19.1. The van der Waals surface area contributed by atoms with E-state index in [-0.39, 0.29) is 31.5 Å². The van der Waals surface area contributed by atoms with E-state index in [1.54, 1.807) is 24.3 Å². The van der Waals surface area contributed by atoms with E-state index in [9.17, 15) is 23.9 Å². The summed E-state index contributed by atoms with van der Waals surface area (Å²) in [6.07, 6.45) is -1.19. The third kappa shape index (κ3) is 6.22. The van der Waals surface area contributed by atoms with Gasteiger partial charge in [0.2, 0.25) is 5.91 Å². The summed E-state index contributed by atoms with van der Waals surface area (Å²) in [5.41, 5.74) is 0.941. The molecule has 3 rings (SSSR count). The third-order valence-electron chi connectivity index (χ3n) is 5.45. The van der Waals surface area contributed by atoms with E-state index in [4.69, 9.17) is 14.2 Å². The molecule has 2 amide bonds. The van der Waals surface area contributed by atoms with Crippen molar-refractivity contribution < 1.29 is 38.1 Å². The van der Waals surface area contributed by atoms with Crippen LogP contribution in [0.5, 0.6) is 11.5 Å². The number of nitrogens with one attached hydrogen (secondary N) is 1. The van der Waals surface area contributed by atoms with Crippen LogP contribution in [0.15, 0.2) is 42.5 Å². The first-order valence-electron chi connectivity index (χ1n) is 10.7. The van der Waals surface area contributed by atoms with Gasteiger partial charge in [0.1, 0.15) is 11.9 Å². The summed E-state index contributed by atoms with van der Waals surface area (Å²) in [6, 6.07) is 9.97. The number of rotatable bonds is 9. The average Bonchev–Trinajstić information content (AvgIpc) is 3.24. The zero-order valence-electron chi connectivity index (χ0n) is 19.0. The molecule has 0 aromatic heterocycles. The molecule has 9 nitrogen and oxygen atoms in total. The molecule has 1 heterocycles. The van der Waals surface area contributed by atoms with Crippen LogP contribution < -0.4 is 14.8 Å². The number of aliphatic hydroxyl groups excluding tert-OH is 1. The predicted octanol–water partition coefficient (Wildman–Crippen LogP) is 1.21. The van der Waals surface area contributed by atoms with Gasteiger partial charge in [0, 0.05) is 19.5 Å². The number of esters is 1. The molecule has 2 aromatic carbocycles. The molecule has 182 valence electrons. The number of methoxy groups -OCH3 is 2. The van der Waals surface area contributed by atoms with Crippen molar-refractivity contribution in [1.82, 2.24) is 10.2 Å². The summed E-state index contributed by atoms with van der Waals surface area (Å²) >= 11 is 0. The summed E-state index contributed by atoms with van der Waals surface area (Å²) in [4.78, 5) is 38.5. The van der Waals surface area contributed by atoms with Crippen molar-refractivity contribution in [3.05, 3.63) is 59.4 Å². The molecule has 1 fully saturated rings. The zero-order valence-corrected chi connectivity index (χ0v) is 19.0. The lowest BCUT2D eigenvalue weighted by atomic mass is 10.1. The largest absolute Gasteiger partial charge is 0.493 e. The maximum absolute atomic E-state index is 13.9. The normalized spacial score (nSPS) is 17.2. The Morgan fingerprint density at radius 2 is 1.85 bits per heavy atom. The maximum Gasteiger partial charge on any atom is 0.329 e. The van der Waals surface area contributed by atoms with E-state index < -0.39 is 42.4 Å². The van der Waals surface area contributed by atoms with Crippen LogP contribution in [-0.4, -0.2) is 67.3 Å². The Hall–Kier alpha value is -3.66. The number of β-amino-alcohol motifs (C(OH)–C–C–N with tert-alkyl or cyclic N) is 1. The number of ether oxygens (including phenoxy) is 3. The molecule has 1 aliphatic rings. The Labute approximate surface area is 196 Å². The van der Waals surface area contributed by atoms with Crippen LogP contribution >= 0.6 is 0 Å². The second-order valence-corrected chi connectivity index (χ2v) is 7.79. The fourth-order valence-electron chi connectivity index (χ4n) is 3.69. The van der Waals surface area contributed by atoms with Crippen LogP contribution in [-0.2, 0) is 32.1 Å². The van der Waals surface area contributed by atoms with Gasteiger partial charge in [-0.15, -0.1) is 0 Å². The number of carbonyl (C=O) groups is 3. The lowest BCUT2D eigenvalue weighted by molar-refractivity contribution is -0.156. The van der Waals surface area contributed by atoms with Crippen molar-refractivity contribution in [2.45, 2.75) is 31.5 Å². The molecule has 2 unspecified atom stereocenters. The van der Waals surface area contributed by atoms with E-state index in [0.29, 0.717) is 11.5 Å². The number of likely N-dealkylation sites (tertiary alicyclic amines) is 1. The summed E-state index contributed by atoms with van der Waals surface area (Å²) < 4.78 is 29.4. The monoisotopic (exact) mass is 474 g/mol. The van der Waals surface area contributed by atoms with Crippen LogP contribution in [0.1, 0.15) is 17.5 Å². The van der Waals surface area contributed by atoms with Gasteiger partial charge < -0.3 is 29.5 Å². The zero-order chi connectivity index (χ0) is 24.7. The first-order chi connectivity index (χ1) is 16.3. The molecule has 2 aromatic rings. The Morgan fingerprint density at radius 1 is 1.12 bits per heavy atom. The van der Waals surface area contributed by atoms with Crippen molar-refractivity contribution in [3.63, 3.8) is 0 Å². The first-order valence-corrected chi connectivity index (χ1v) is 10.7. The van der Waals surface area contributed by atoms with Crippen molar-refractivity contribution in [3.8, 4) is 11.5 Å². The van der Waals surface area contributed by atoms with Crippen LogP contribution in [0.2, 0.25) is 0 Å².